The molecule has 7 nitrogen and oxygen atoms in total. The molecule has 0 aliphatic carbocycles. The van der Waals surface area contributed by atoms with E-state index in [0.717, 1.165) is 39.0 Å². The zero-order valence-electron chi connectivity index (χ0n) is 12.8. The van der Waals surface area contributed by atoms with Gasteiger partial charge in [-0.25, -0.2) is 4.98 Å². The first-order chi connectivity index (χ1) is 10.8. The van der Waals surface area contributed by atoms with Gasteiger partial charge >= 0.3 is 0 Å². The molecule has 0 N–H and O–H groups in total. The summed E-state index contributed by atoms with van der Waals surface area (Å²) in [6.45, 7) is 5.57. The highest BCUT2D eigenvalue weighted by Gasteiger charge is 2.22. The van der Waals surface area contributed by atoms with Crippen molar-refractivity contribution in [3.8, 4) is 11.5 Å². The summed E-state index contributed by atoms with van der Waals surface area (Å²) in [5.41, 5.74) is 0.625. The van der Waals surface area contributed by atoms with E-state index in [-0.39, 0.29) is 0 Å². The Bertz CT molecular complexity index is 574. The number of nitrogens with zero attached hydrogens (tertiary/aromatic N) is 5. The molecule has 1 saturated heterocycles. The molecule has 1 atom stereocenters. The van der Waals surface area contributed by atoms with Gasteiger partial charge in [0.05, 0.1) is 18.8 Å². The molecule has 118 valence electrons. The van der Waals surface area contributed by atoms with Crippen LogP contribution in [0.15, 0.2) is 23.1 Å². The maximum Gasteiger partial charge on any atom is 0.241 e. The third-order valence-corrected chi connectivity index (χ3v) is 3.64. The molecule has 0 radical (unpaired) electrons. The number of aromatic nitrogens is 4. The van der Waals surface area contributed by atoms with Crippen LogP contribution in [0.5, 0.6) is 0 Å². The van der Waals surface area contributed by atoms with Gasteiger partial charge in [-0.2, -0.15) is 4.98 Å². The number of rotatable bonds is 6. The smallest absolute Gasteiger partial charge is 0.241 e. The van der Waals surface area contributed by atoms with Crippen molar-refractivity contribution in [3.63, 3.8) is 0 Å². The molecule has 0 saturated carbocycles. The highest BCUT2D eigenvalue weighted by Crippen LogP contribution is 2.17. The molecule has 1 aliphatic heterocycles. The lowest BCUT2D eigenvalue weighted by Gasteiger charge is -2.31. The van der Waals surface area contributed by atoms with Crippen molar-refractivity contribution in [3.05, 3.63) is 24.5 Å². The van der Waals surface area contributed by atoms with Gasteiger partial charge in [0.15, 0.2) is 0 Å². The molecule has 0 bridgehead atoms. The Hall–Kier alpha value is -1.86. The van der Waals surface area contributed by atoms with Crippen LogP contribution in [0.2, 0.25) is 0 Å². The van der Waals surface area contributed by atoms with Crippen LogP contribution in [0.3, 0.4) is 0 Å². The van der Waals surface area contributed by atoms with Crippen molar-refractivity contribution in [2.24, 2.45) is 0 Å². The van der Waals surface area contributed by atoms with Crippen molar-refractivity contribution in [2.45, 2.75) is 38.8 Å². The van der Waals surface area contributed by atoms with Gasteiger partial charge in [-0.15, -0.1) is 0 Å². The molecule has 1 aliphatic rings. The SMILES string of the molecule is CCCO[C@H]1CCCN(Cc2nc(-c3cnccn3)no2)C1. The first kappa shape index (κ1) is 15.1. The van der Waals surface area contributed by atoms with Crippen LogP contribution < -0.4 is 0 Å². The Morgan fingerprint density at radius 1 is 1.41 bits per heavy atom. The highest BCUT2D eigenvalue weighted by molar-refractivity contribution is 5.45. The van der Waals surface area contributed by atoms with Crippen LogP contribution in [-0.4, -0.2) is 50.8 Å². The summed E-state index contributed by atoms with van der Waals surface area (Å²) in [5, 5.41) is 3.97. The van der Waals surface area contributed by atoms with E-state index in [4.69, 9.17) is 9.26 Å². The highest BCUT2D eigenvalue weighted by atomic mass is 16.5. The van der Waals surface area contributed by atoms with Gasteiger partial charge in [0, 0.05) is 25.5 Å². The molecule has 3 rings (SSSR count). The predicted octanol–water partition coefficient (Wildman–Crippen LogP) is 1.92. The molecule has 1 fully saturated rings. The fourth-order valence-electron chi connectivity index (χ4n) is 2.61. The minimum absolute atomic E-state index is 0.316. The van der Waals surface area contributed by atoms with Crippen LogP contribution in [0, 0.1) is 0 Å². The van der Waals surface area contributed by atoms with E-state index in [2.05, 4.69) is 31.9 Å². The maximum atomic E-state index is 5.85. The second-order valence-electron chi connectivity index (χ2n) is 5.47. The lowest BCUT2D eigenvalue weighted by molar-refractivity contribution is -0.00455. The summed E-state index contributed by atoms with van der Waals surface area (Å²) >= 11 is 0. The van der Waals surface area contributed by atoms with Crippen molar-refractivity contribution >= 4 is 0 Å². The largest absolute Gasteiger partial charge is 0.377 e. The standard InChI is InChI=1S/C15H21N5O2/c1-2-8-21-12-4-3-7-20(10-12)11-14-18-15(19-22-14)13-9-16-5-6-17-13/h5-6,9,12H,2-4,7-8,10-11H2,1H3/t12-/m0/s1. The van der Waals surface area contributed by atoms with Gasteiger partial charge in [-0.05, 0) is 25.8 Å². The second kappa shape index (κ2) is 7.42. The maximum absolute atomic E-state index is 5.85. The normalized spacial score (nSPS) is 19.4. The summed E-state index contributed by atoms with van der Waals surface area (Å²) in [4.78, 5) is 14.9. The van der Waals surface area contributed by atoms with Crippen molar-refractivity contribution in [1.82, 2.24) is 25.0 Å². The van der Waals surface area contributed by atoms with Crippen LogP contribution in [0.25, 0.3) is 11.5 Å². The Morgan fingerprint density at radius 3 is 3.18 bits per heavy atom. The summed E-state index contributed by atoms with van der Waals surface area (Å²) in [6.07, 6.45) is 8.51. The third-order valence-electron chi connectivity index (χ3n) is 3.64. The first-order valence-corrected chi connectivity index (χ1v) is 7.78. The van der Waals surface area contributed by atoms with E-state index >= 15 is 0 Å². The molecule has 22 heavy (non-hydrogen) atoms. The van der Waals surface area contributed by atoms with E-state index in [9.17, 15) is 0 Å². The van der Waals surface area contributed by atoms with E-state index < -0.39 is 0 Å². The molecule has 0 aromatic carbocycles. The van der Waals surface area contributed by atoms with Crippen LogP contribution in [0.1, 0.15) is 32.1 Å². The molecular formula is C15H21N5O2. The molecule has 0 spiro atoms. The minimum Gasteiger partial charge on any atom is -0.377 e. The van der Waals surface area contributed by atoms with E-state index in [1.165, 1.54) is 0 Å². The number of piperidine rings is 1. The molecule has 0 unspecified atom stereocenters. The number of hydrogen-bond donors (Lipinski definition) is 0. The fourth-order valence-corrected chi connectivity index (χ4v) is 2.61. The lowest BCUT2D eigenvalue weighted by atomic mass is 10.1. The molecular weight excluding hydrogens is 282 g/mol. The zero-order valence-corrected chi connectivity index (χ0v) is 12.8. The molecule has 7 heteroatoms. The van der Waals surface area contributed by atoms with E-state index in [1.807, 2.05) is 0 Å². The monoisotopic (exact) mass is 303 g/mol. The van der Waals surface area contributed by atoms with Crippen molar-refractivity contribution < 1.29 is 9.26 Å². The predicted molar refractivity (Wildman–Crippen MR) is 79.9 cm³/mol. The van der Waals surface area contributed by atoms with Crippen LogP contribution in [-0.2, 0) is 11.3 Å². The third kappa shape index (κ3) is 3.86. The number of ether oxygens (including phenoxy) is 1. The van der Waals surface area contributed by atoms with Gasteiger partial charge in [0.1, 0.15) is 5.69 Å². The Morgan fingerprint density at radius 2 is 2.36 bits per heavy atom. The summed E-state index contributed by atoms with van der Waals surface area (Å²) in [7, 11) is 0. The molecule has 0 amide bonds. The average molecular weight is 303 g/mol. The van der Waals surface area contributed by atoms with Gasteiger partial charge in [-0.1, -0.05) is 12.1 Å². The summed E-state index contributed by atoms with van der Waals surface area (Å²) in [5.74, 6) is 1.09. The molecule has 3 heterocycles. The summed E-state index contributed by atoms with van der Waals surface area (Å²) in [6, 6.07) is 0. The van der Waals surface area contributed by atoms with Crippen molar-refractivity contribution in [2.75, 3.05) is 19.7 Å². The number of hydrogen-bond acceptors (Lipinski definition) is 7. The molecule has 2 aromatic rings. The van der Waals surface area contributed by atoms with Gasteiger partial charge < -0.3 is 9.26 Å². The van der Waals surface area contributed by atoms with E-state index in [0.29, 0.717) is 30.1 Å². The second-order valence-corrected chi connectivity index (χ2v) is 5.47. The van der Waals surface area contributed by atoms with Gasteiger partial charge in [0.25, 0.3) is 0 Å². The molecule has 2 aromatic heterocycles. The minimum atomic E-state index is 0.316. The fraction of sp³-hybridized carbons (Fsp3) is 0.600. The topological polar surface area (TPSA) is 77.2 Å². The van der Waals surface area contributed by atoms with Crippen LogP contribution >= 0.6 is 0 Å². The Kier molecular flexibility index (Phi) is 5.07. The first-order valence-electron chi connectivity index (χ1n) is 7.78. The van der Waals surface area contributed by atoms with Gasteiger partial charge in [0.2, 0.25) is 11.7 Å². The Labute approximate surface area is 129 Å². The van der Waals surface area contributed by atoms with Gasteiger partial charge in [-0.3, -0.25) is 9.88 Å². The zero-order chi connectivity index (χ0) is 15.2. The lowest BCUT2D eigenvalue weighted by Crippen LogP contribution is -2.39. The average Bonchev–Trinajstić information content (AvgIpc) is 3.03. The summed E-state index contributed by atoms with van der Waals surface area (Å²) < 4.78 is 11.2. The van der Waals surface area contributed by atoms with E-state index in [1.54, 1.807) is 18.6 Å². The number of likely N-dealkylation sites (tertiary alicyclic amines) is 1. The Balaban J connectivity index is 1.58. The van der Waals surface area contributed by atoms with Crippen molar-refractivity contribution in [1.29, 1.82) is 0 Å². The van der Waals surface area contributed by atoms with Crippen LogP contribution in [0.4, 0.5) is 0 Å². The quantitative estimate of drug-likeness (QED) is 0.806.